The summed E-state index contributed by atoms with van der Waals surface area (Å²) < 4.78 is 12.6. The van der Waals surface area contributed by atoms with E-state index in [1.807, 2.05) is 78.9 Å². The second-order valence-electron chi connectivity index (χ2n) is 7.49. The highest BCUT2D eigenvalue weighted by atomic mass is 16.5. The van der Waals surface area contributed by atoms with Crippen LogP contribution in [-0.4, -0.2) is 0 Å². The number of para-hydroxylation sites is 5. The van der Waals surface area contributed by atoms with Gasteiger partial charge in [-0.25, -0.2) is 0 Å². The van der Waals surface area contributed by atoms with Crippen molar-refractivity contribution in [1.29, 1.82) is 0 Å². The fourth-order valence-electron chi connectivity index (χ4n) is 3.48. The molecule has 0 aliphatic heterocycles. The predicted octanol–water partition coefficient (Wildman–Crippen LogP) is 7.55. The van der Waals surface area contributed by atoms with Gasteiger partial charge in [0.1, 0.15) is 0 Å². The Morgan fingerprint density at radius 2 is 1.24 bits per heavy atom. The molecule has 0 spiro atoms. The molecule has 4 aromatic rings. The molecule has 4 rings (SSSR count). The molecule has 4 heteroatoms. The van der Waals surface area contributed by atoms with Gasteiger partial charge in [0.25, 0.3) is 0 Å². The highest BCUT2D eigenvalue weighted by Gasteiger charge is 2.18. The Balaban J connectivity index is 1.86. The number of hydrogen-bond donors (Lipinski definition) is 2. The first-order valence-corrected chi connectivity index (χ1v) is 10.7. The van der Waals surface area contributed by atoms with Crippen molar-refractivity contribution >= 4 is 23.0 Å². The maximum Gasteiger partial charge on any atom is 0.177 e. The van der Waals surface area contributed by atoms with Gasteiger partial charge in [-0.05, 0) is 47.9 Å². The van der Waals surface area contributed by atoms with Crippen LogP contribution in [0.2, 0.25) is 0 Å². The van der Waals surface area contributed by atoms with E-state index in [4.69, 9.17) is 20.9 Å². The molecule has 0 unspecified atom stereocenters. The van der Waals surface area contributed by atoms with Crippen LogP contribution in [0.25, 0.3) is 11.6 Å². The number of allylic oxidation sites excluding steroid dienone is 2. The van der Waals surface area contributed by atoms with E-state index in [9.17, 15) is 0 Å². The van der Waals surface area contributed by atoms with E-state index < -0.39 is 0 Å². The fourth-order valence-corrected chi connectivity index (χ4v) is 3.48. The average Bonchev–Trinajstić information content (AvgIpc) is 2.83. The van der Waals surface area contributed by atoms with Crippen LogP contribution in [0, 0.1) is 0 Å². The summed E-state index contributed by atoms with van der Waals surface area (Å²) in [5.74, 6) is 2.20. The van der Waals surface area contributed by atoms with Gasteiger partial charge in [0.2, 0.25) is 0 Å². The van der Waals surface area contributed by atoms with Gasteiger partial charge in [0.05, 0.1) is 11.4 Å². The molecule has 0 saturated carbocycles. The monoisotopic (exact) mass is 434 g/mol. The molecular weight excluding hydrogens is 408 g/mol. The third-order valence-electron chi connectivity index (χ3n) is 5.10. The van der Waals surface area contributed by atoms with Crippen LogP contribution in [0.15, 0.2) is 110 Å². The lowest BCUT2D eigenvalue weighted by atomic mass is 9.98. The molecule has 0 radical (unpaired) electrons. The minimum absolute atomic E-state index is 0.537. The van der Waals surface area contributed by atoms with E-state index in [0.29, 0.717) is 40.8 Å². The van der Waals surface area contributed by atoms with E-state index in [2.05, 4.69) is 24.8 Å². The molecule has 164 valence electrons. The fraction of sp³-hybridized carbons (Fsp3) is 0.0345. The standard InChI is InChI=1S/C29H26N2O2/c1-2-11-22(20-21-12-4-3-5-13-21)23-14-10-19-28(32-26-17-8-6-15-24(26)30)29(23)33-27-18-9-7-16-25(27)31/h2-10,12-20H,1,11,30-31H2. The average molecular weight is 435 g/mol. The number of nitrogen functional groups attached to an aromatic ring is 2. The SMILES string of the molecule is C=CCC(=Cc1ccccc1)c1cccc(Oc2ccccc2N)c1Oc1ccccc1N. The second-order valence-corrected chi connectivity index (χ2v) is 7.49. The van der Waals surface area contributed by atoms with Crippen LogP contribution in [0.5, 0.6) is 23.0 Å². The minimum atomic E-state index is 0.537. The normalized spacial score (nSPS) is 11.1. The lowest BCUT2D eigenvalue weighted by molar-refractivity contribution is 0.420. The number of anilines is 2. The molecule has 0 heterocycles. The summed E-state index contributed by atoms with van der Waals surface area (Å²) in [4.78, 5) is 0. The van der Waals surface area contributed by atoms with Crippen molar-refractivity contribution in [2.24, 2.45) is 0 Å². The zero-order chi connectivity index (χ0) is 23.0. The third kappa shape index (κ3) is 5.25. The largest absolute Gasteiger partial charge is 0.451 e. The van der Waals surface area contributed by atoms with Gasteiger partial charge in [-0.1, -0.05) is 78.9 Å². The molecule has 0 aromatic heterocycles. The van der Waals surface area contributed by atoms with E-state index >= 15 is 0 Å². The van der Waals surface area contributed by atoms with E-state index in [0.717, 1.165) is 16.7 Å². The highest BCUT2D eigenvalue weighted by molar-refractivity contribution is 5.86. The van der Waals surface area contributed by atoms with Crippen molar-refractivity contribution in [3.05, 3.63) is 121 Å². The molecule has 33 heavy (non-hydrogen) atoms. The summed E-state index contributed by atoms with van der Waals surface area (Å²) in [6, 6.07) is 30.7. The Bertz CT molecular complexity index is 1280. The first kappa shape index (κ1) is 21.8. The Kier molecular flexibility index (Phi) is 6.76. The summed E-state index contributed by atoms with van der Waals surface area (Å²) in [5, 5.41) is 0. The molecule has 0 amide bonds. The summed E-state index contributed by atoms with van der Waals surface area (Å²) in [5.41, 5.74) is 16.4. The number of benzene rings is 4. The van der Waals surface area contributed by atoms with Crippen molar-refractivity contribution < 1.29 is 9.47 Å². The topological polar surface area (TPSA) is 70.5 Å². The van der Waals surface area contributed by atoms with Gasteiger partial charge in [0, 0.05) is 5.56 Å². The smallest absolute Gasteiger partial charge is 0.177 e. The second kappa shape index (κ2) is 10.2. The van der Waals surface area contributed by atoms with Gasteiger partial charge in [-0.2, -0.15) is 0 Å². The van der Waals surface area contributed by atoms with E-state index in [-0.39, 0.29) is 0 Å². The predicted molar refractivity (Wildman–Crippen MR) is 137 cm³/mol. The number of rotatable bonds is 8. The highest BCUT2D eigenvalue weighted by Crippen LogP contribution is 2.43. The van der Waals surface area contributed by atoms with Gasteiger partial charge >= 0.3 is 0 Å². The summed E-state index contributed by atoms with van der Waals surface area (Å²) in [7, 11) is 0. The third-order valence-corrected chi connectivity index (χ3v) is 5.10. The maximum atomic E-state index is 6.38. The molecule has 4 aromatic carbocycles. The van der Waals surface area contributed by atoms with Crippen LogP contribution in [-0.2, 0) is 0 Å². The van der Waals surface area contributed by atoms with Crippen molar-refractivity contribution in [2.75, 3.05) is 11.5 Å². The van der Waals surface area contributed by atoms with E-state index in [1.54, 1.807) is 12.1 Å². The minimum Gasteiger partial charge on any atom is -0.451 e. The van der Waals surface area contributed by atoms with Crippen LogP contribution < -0.4 is 20.9 Å². The molecule has 0 aliphatic carbocycles. The van der Waals surface area contributed by atoms with Gasteiger partial charge in [-0.3, -0.25) is 0 Å². The summed E-state index contributed by atoms with van der Waals surface area (Å²) >= 11 is 0. The Morgan fingerprint density at radius 3 is 1.88 bits per heavy atom. The van der Waals surface area contributed by atoms with Crippen molar-refractivity contribution in [3.63, 3.8) is 0 Å². The van der Waals surface area contributed by atoms with Crippen molar-refractivity contribution in [1.82, 2.24) is 0 Å². The van der Waals surface area contributed by atoms with E-state index in [1.165, 1.54) is 0 Å². The molecule has 0 saturated heterocycles. The zero-order valence-electron chi connectivity index (χ0n) is 18.3. The summed E-state index contributed by atoms with van der Waals surface area (Å²) in [6.45, 7) is 3.95. The van der Waals surface area contributed by atoms with Crippen LogP contribution in [0.3, 0.4) is 0 Å². The lowest BCUT2D eigenvalue weighted by Gasteiger charge is -2.19. The van der Waals surface area contributed by atoms with Gasteiger partial charge in [0.15, 0.2) is 23.0 Å². The quantitative estimate of drug-likeness (QED) is 0.171. The molecule has 0 fully saturated rings. The summed E-state index contributed by atoms with van der Waals surface area (Å²) in [6.07, 6.45) is 4.64. The van der Waals surface area contributed by atoms with Crippen molar-refractivity contribution in [3.8, 4) is 23.0 Å². The molecule has 0 bridgehead atoms. The molecular formula is C29H26N2O2. The number of ether oxygens (including phenoxy) is 2. The molecule has 0 aliphatic rings. The van der Waals surface area contributed by atoms with Crippen LogP contribution >= 0.6 is 0 Å². The van der Waals surface area contributed by atoms with Crippen molar-refractivity contribution in [2.45, 2.75) is 6.42 Å². The Labute approximate surface area is 194 Å². The number of hydrogen-bond acceptors (Lipinski definition) is 4. The molecule has 0 atom stereocenters. The van der Waals surface area contributed by atoms with Gasteiger partial charge < -0.3 is 20.9 Å². The first-order chi connectivity index (χ1) is 16.2. The molecule has 4 N–H and O–H groups in total. The molecule has 4 nitrogen and oxygen atoms in total. The van der Waals surface area contributed by atoms with Crippen LogP contribution in [0.1, 0.15) is 17.5 Å². The zero-order valence-corrected chi connectivity index (χ0v) is 18.3. The van der Waals surface area contributed by atoms with Crippen LogP contribution in [0.4, 0.5) is 11.4 Å². The Morgan fingerprint density at radius 1 is 0.667 bits per heavy atom. The lowest BCUT2D eigenvalue weighted by Crippen LogP contribution is -1.99. The Hall–Kier alpha value is -4.44. The maximum absolute atomic E-state index is 6.38. The number of nitrogens with two attached hydrogens (primary N) is 2. The van der Waals surface area contributed by atoms with Gasteiger partial charge in [-0.15, -0.1) is 6.58 Å². The first-order valence-electron chi connectivity index (χ1n) is 10.7.